The van der Waals surface area contributed by atoms with E-state index < -0.39 is 0 Å². The van der Waals surface area contributed by atoms with Crippen molar-refractivity contribution in [2.75, 3.05) is 13.0 Å². The van der Waals surface area contributed by atoms with Gasteiger partial charge in [-0.2, -0.15) is 0 Å². The lowest BCUT2D eigenvalue weighted by Crippen LogP contribution is -2.04. The maximum Gasteiger partial charge on any atom is 0.137 e. The summed E-state index contributed by atoms with van der Waals surface area (Å²) in [6.45, 7) is 2.01. The molecule has 0 heterocycles. The van der Waals surface area contributed by atoms with E-state index in [2.05, 4.69) is 0 Å². The predicted molar refractivity (Wildman–Crippen MR) is 66.4 cm³/mol. The number of carbonyl (C=O) groups is 1. The van der Waals surface area contributed by atoms with Crippen molar-refractivity contribution in [1.29, 1.82) is 0 Å². The number of benzene rings is 1. The van der Waals surface area contributed by atoms with Gasteiger partial charge in [0.1, 0.15) is 11.5 Å². The molecule has 0 aliphatic carbocycles. The fourth-order valence-electron chi connectivity index (χ4n) is 1.61. The van der Waals surface area contributed by atoms with Crippen LogP contribution in [0.3, 0.4) is 0 Å². The Bertz CT molecular complexity index is 361. The van der Waals surface area contributed by atoms with Gasteiger partial charge in [0, 0.05) is 24.3 Å². The summed E-state index contributed by atoms with van der Waals surface area (Å²) in [7, 11) is 1.62. The summed E-state index contributed by atoms with van der Waals surface area (Å²) in [6.07, 6.45) is 1.72. The summed E-state index contributed by atoms with van der Waals surface area (Å²) in [5.41, 5.74) is 2.10. The van der Waals surface area contributed by atoms with Crippen LogP contribution in [0.15, 0.2) is 18.2 Å². The third-order valence-electron chi connectivity index (χ3n) is 2.41. The second-order valence-corrected chi connectivity index (χ2v) is 4.20. The lowest BCUT2D eigenvalue weighted by atomic mass is 10.0. The number of alkyl halides is 1. The molecule has 0 spiro atoms. The number of hydrogen-bond donors (Lipinski definition) is 0. The van der Waals surface area contributed by atoms with Crippen LogP contribution in [0.5, 0.6) is 5.75 Å². The van der Waals surface area contributed by atoms with Crippen molar-refractivity contribution in [3.63, 3.8) is 0 Å². The summed E-state index contributed by atoms with van der Waals surface area (Å²) in [5.74, 6) is 1.53. The predicted octanol–water partition coefficient (Wildman–Crippen LogP) is 3.13. The molecule has 0 atom stereocenters. The van der Waals surface area contributed by atoms with E-state index in [1.807, 2.05) is 25.1 Å². The minimum Gasteiger partial charge on any atom is -0.496 e. The van der Waals surface area contributed by atoms with Crippen LogP contribution in [0.1, 0.15) is 24.0 Å². The highest BCUT2D eigenvalue weighted by molar-refractivity contribution is 6.17. The molecule has 16 heavy (non-hydrogen) atoms. The normalized spacial score (nSPS) is 10.2. The molecule has 0 unspecified atom stereocenters. The zero-order valence-electron chi connectivity index (χ0n) is 9.75. The average Bonchev–Trinajstić information content (AvgIpc) is 2.27. The highest BCUT2D eigenvalue weighted by Gasteiger charge is 2.08. The monoisotopic (exact) mass is 240 g/mol. The Labute approximate surface area is 102 Å². The fourth-order valence-corrected chi connectivity index (χ4v) is 1.74. The van der Waals surface area contributed by atoms with Crippen LogP contribution in [-0.4, -0.2) is 18.8 Å². The number of aryl methyl sites for hydroxylation is 1. The molecular weight excluding hydrogens is 224 g/mol. The van der Waals surface area contributed by atoms with Crippen LogP contribution in [0, 0.1) is 6.92 Å². The molecule has 1 aromatic carbocycles. The summed E-state index contributed by atoms with van der Waals surface area (Å²) in [6, 6.07) is 5.88. The molecule has 0 N–H and O–H groups in total. The van der Waals surface area contributed by atoms with Gasteiger partial charge in [0.25, 0.3) is 0 Å². The van der Waals surface area contributed by atoms with E-state index in [4.69, 9.17) is 16.3 Å². The Hall–Kier alpha value is -1.02. The van der Waals surface area contributed by atoms with Gasteiger partial charge >= 0.3 is 0 Å². The molecule has 0 amide bonds. The molecule has 0 saturated carbocycles. The number of carbonyl (C=O) groups excluding carboxylic acids is 1. The zero-order valence-corrected chi connectivity index (χ0v) is 10.5. The van der Waals surface area contributed by atoms with Gasteiger partial charge in [0.05, 0.1) is 7.11 Å². The average molecular weight is 241 g/mol. The number of rotatable bonds is 6. The summed E-state index contributed by atoms with van der Waals surface area (Å²) in [5, 5.41) is 0. The van der Waals surface area contributed by atoms with E-state index in [9.17, 15) is 4.79 Å². The third kappa shape index (κ3) is 3.86. The first kappa shape index (κ1) is 13.0. The van der Waals surface area contributed by atoms with E-state index >= 15 is 0 Å². The van der Waals surface area contributed by atoms with Crippen LogP contribution in [0.25, 0.3) is 0 Å². The number of Topliss-reactive ketones (excluding diaryl/α,β-unsaturated/α-hetero) is 1. The van der Waals surface area contributed by atoms with Crippen molar-refractivity contribution in [1.82, 2.24) is 0 Å². The van der Waals surface area contributed by atoms with Gasteiger partial charge in [0.2, 0.25) is 0 Å². The minimum atomic E-state index is 0.213. The van der Waals surface area contributed by atoms with E-state index in [1.54, 1.807) is 7.11 Å². The Balaban J connectivity index is 2.71. The highest BCUT2D eigenvalue weighted by atomic mass is 35.5. The maximum atomic E-state index is 11.6. The van der Waals surface area contributed by atoms with Gasteiger partial charge in [-0.1, -0.05) is 17.7 Å². The van der Waals surface area contributed by atoms with Gasteiger partial charge in [-0.25, -0.2) is 0 Å². The Morgan fingerprint density at radius 2 is 2.19 bits per heavy atom. The van der Waals surface area contributed by atoms with Crippen LogP contribution in [0.4, 0.5) is 0 Å². The summed E-state index contributed by atoms with van der Waals surface area (Å²) in [4.78, 5) is 11.6. The molecule has 2 nitrogen and oxygen atoms in total. The van der Waals surface area contributed by atoms with E-state index in [1.165, 1.54) is 0 Å². The van der Waals surface area contributed by atoms with Gasteiger partial charge in [-0.15, -0.1) is 11.6 Å². The van der Waals surface area contributed by atoms with Crippen molar-refractivity contribution in [2.45, 2.75) is 26.2 Å². The number of methoxy groups -OCH3 is 1. The van der Waals surface area contributed by atoms with Crippen LogP contribution in [-0.2, 0) is 11.2 Å². The standard InChI is InChI=1S/C13H17ClO2/c1-10-5-6-13(16-2)11(8-10)9-12(15)4-3-7-14/h5-6,8H,3-4,7,9H2,1-2H3. The maximum absolute atomic E-state index is 11.6. The van der Waals surface area contributed by atoms with Crippen molar-refractivity contribution < 1.29 is 9.53 Å². The quantitative estimate of drug-likeness (QED) is 0.714. The van der Waals surface area contributed by atoms with E-state index in [0.717, 1.165) is 23.3 Å². The molecular formula is C13H17ClO2. The molecule has 0 aliphatic heterocycles. The third-order valence-corrected chi connectivity index (χ3v) is 2.68. The summed E-state index contributed by atoms with van der Waals surface area (Å²) < 4.78 is 5.23. The molecule has 0 saturated heterocycles. The molecule has 0 aliphatic rings. The Kier molecular flexibility index (Phi) is 5.33. The number of ketones is 1. The fraction of sp³-hybridized carbons (Fsp3) is 0.462. The van der Waals surface area contributed by atoms with Gasteiger partial charge in [-0.3, -0.25) is 4.79 Å². The largest absolute Gasteiger partial charge is 0.496 e. The summed E-state index contributed by atoms with van der Waals surface area (Å²) >= 11 is 5.56. The second kappa shape index (κ2) is 6.54. The first-order valence-corrected chi connectivity index (χ1v) is 5.92. The first-order chi connectivity index (χ1) is 7.67. The molecule has 0 radical (unpaired) electrons. The van der Waals surface area contributed by atoms with Gasteiger partial charge in [0.15, 0.2) is 0 Å². The first-order valence-electron chi connectivity index (χ1n) is 5.38. The molecule has 3 heteroatoms. The number of hydrogen-bond acceptors (Lipinski definition) is 2. The van der Waals surface area contributed by atoms with Crippen molar-refractivity contribution in [2.24, 2.45) is 0 Å². The van der Waals surface area contributed by atoms with Crippen molar-refractivity contribution in [3.05, 3.63) is 29.3 Å². The van der Waals surface area contributed by atoms with Crippen molar-refractivity contribution in [3.8, 4) is 5.75 Å². The molecule has 0 bridgehead atoms. The molecule has 1 rings (SSSR count). The van der Waals surface area contributed by atoms with Crippen molar-refractivity contribution >= 4 is 17.4 Å². The van der Waals surface area contributed by atoms with Crippen LogP contribution < -0.4 is 4.74 Å². The zero-order chi connectivity index (χ0) is 12.0. The Morgan fingerprint density at radius 1 is 1.44 bits per heavy atom. The molecule has 88 valence electrons. The number of ether oxygens (including phenoxy) is 1. The smallest absolute Gasteiger partial charge is 0.137 e. The topological polar surface area (TPSA) is 26.3 Å². The lowest BCUT2D eigenvalue weighted by molar-refractivity contribution is -0.118. The number of halogens is 1. The molecule has 1 aromatic rings. The lowest BCUT2D eigenvalue weighted by Gasteiger charge is -2.08. The van der Waals surface area contributed by atoms with E-state index in [0.29, 0.717) is 18.7 Å². The molecule has 0 aromatic heterocycles. The van der Waals surface area contributed by atoms with Crippen LogP contribution in [0.2, 0.25) is 0 Å². The van der Waals surface area contributed by atoms with E-state index in [-0.39, 0.29) is 5.78 Å². The molecule has 0 fully saturated rings. The van der Waals surface area contributed by atoms with Crippen LogP contribution >= 0.6 is 11.6 Å². The Morgan fingerprint density at radius 3 is 2.81 bits per heavy atom. The second-order valence-electron chi connectivity index (χ2n) is 3.82. The SMILES string of the molecule is COc1ccc(C)cc1CC(=O)CCCCl. The van der Waals surface area contributed by atoms with Gasteiger partial charge in [-0.05, 0) is 19.4 Å². The highest BCUT2D eigenvalue weighted by Crippen LogP contribution is 2.20. The van der Waals surface area contributed by atoms with Gasteiger partial charge < -0.3 is 4.74 Å². The minimum absolute atomic E-state index is 0.213.